The second-order valence-corrected chi connectivity index (χ2v) is 8.61. The number of carboxylic acid groups (broad SMARTS) is 1. The molecule has 2 aromatic heterocycles. The summed E-state index contributed by atoms with van der Waals surface area (Å²) in [4.78, 5) is 15.1. The summed E-state index contributed by atoms with van der Waals surface area (Å²) in [6, 6.07) is 20.9. The summed E-state index contributed by atoms with van der Waals surface area (Å²) in [6.07, 6.45) is 4.64. The summed E-state index contributed by atoms with van der Waals surface area (Å²) in [5, 5.41) is 22.6. The van der Waals surface area contributed by atoms with Gasteiger partial charge in [-0.3, -0.25) is 4.98 Å². The van der Waals surface area contributed by atoms with Gasteiger partial charge in [-0.2, -0.15) is 0 Å². The molecule has 35 heavy (non-hydrogen) atoms. The number of aliphatic hydroxyl groups is 1. The van der Waals surface area contributed by atoms with E-state index in [-0.39, 0.29) is 11.9 Å². The van der Waals surface area contributed by atoms with E-state index in [0.717, 1.165) is 40.8 Å². The standard InChI is InChI=1S/C28H26N2O5/c31-24(22-2-1-13-29-15-22)17-30-16-23-9-7-21-14-20(8-10-26(21)34-23)18-3-5-19(6-4-18)25-11-12-27(35-25)28(32)33/h1-6,8,10-15,23-24,30-31H,7,9,16-17H2,(H,32,33)/t23-,24-/m1/s1. The Morgan fingerprint density at radius 1 is 1.06 bits per heavy atom. The van der Waals surface area contributed by atoms with Gasteiger partial charge in [0.05, 0.1) is 6.10 Å². The number of nitrogens with zero attached hydrogens (tertiary/aromatic N) is 1. The molecule has 1 aliphatic rings. The van der Waals surface area contributed by atoms with Crippen molar-refractivity contribution in [2.45, 2.75) is 25.0 Å². The summed E-state index contributed by atoms with van der Waals surface area (Å²) in [5.74, 6) is 0.273. The Morgan fingerprint density at radius 3 is 2.60 bits per heavy atom. The molecule has 7 nitrogen and oxygen atoms in total. The average Bonchev–Trinajstić information content (AvgIpc) is 3.40. The number of rotatable bonds is 8. The van der Waals surface area contributed by atoms with Crippen molar-refractivity contribution >= 4 is 5.97 Å². The molecule has 2 atom stereocenters. The number of carboxylic acids is 1. The molecule has 178 valence electrons. The Labute approximate surface area is 203 Å². The van der Waals surface area contributed by atoms with Crippen molar-refractivity contribution in [3.8, 4) is 28.2 Å². The molecule has 0 fully saturated rings. The number of benzene rings is 2. The maximum absolute atomic E-state index is 11.0. The van der Waals surface area contributed by atoms with Gasteiger partial charge in [-0.25, -0.2) is 4.79 Å². The molecule has 0 saturated heterocycles. The second kappa shape index (κ2) is 10.1. The number of pyridine rings is 1. The first-order valence-corrected chi connectivity index (χ1v) is 11.6. The number of carbonyl (C=O) groups is 1. The third kappa shape index (κ3) is 5.26. The Hall–Kier alpha value is -3.94. The first kappa shape index (κ1) is 22.8. The van der Waals surface area contributed by atoms with Crippen LogP contribution in [-0.2, 0) is 6.42 Å². The quantitative estimate of drug-likeness (QED) is 0.342. The normalized spacial score (nSPS) is 15.7. The van der Waals surface area contributed by atoms with Gasteiger partial charge in [0.15, 0.2) is 0 Å². The zero-order valence-electron chi connectivity index (χ0n) is 19.1. The first-order chi connectivity index (χ1) is 17.1. The molecule has 3 heterocycles. The highest BCUT2D eigenvalue weighted by Crippen LogP contribution is 2.33. The molecule has 0 saturated carbocycles. The lowest BCUT2D eigenvalue weighted by molar-refractivity contribution is 0.0663. The molecule has 0 radical (unpaired) electrons. The monoisotopic (exact) mass is 470 g/mol. The number of aliphatic hydroxyl groups excluding tert-OH is 1. The maximum atomic E-state index is 11.0. The zero-order valence-corrected chi connectivity index (χ0v) is 19.1. The molecule has 2 aromatic carbocycles. The van der Waals surface area contributed by atoms with Gasteiger partial charge in [0, 0.05) is 36.6 Å². The number of aromatic carboxylic acids is 1. The topological polar surface area (TPSA) is 105 Å². The molecule has 1 aliphatic heterocycles. The van der Waals surface area contributed by atoms with Crippen LogP contribution in [0.15, 0.2) is 83.5 Å². The Balaban J connectivity index is 1.19. The van der Waals surface area contributed by atoms with Gasteiger partial charge in [-0.05, 0) is 59.9 Å². The van der Waals surface area contributed by atoms with Crippen LogP contribution >= 0.6 is 0 Å². The van der Waals surface area contributed by atoms with E-state index in [1.54, 1.807) is 18.5 Å². The molecule has 4 aromatic rings. The van der Waals surface area contributed by atoms with Gasteiger partial charge in [0.2, 0.25) is 5.76 Å². The second-order valence-electron chi connectivity index (χ2n) is 8.61. The summed E-state index contributed by atoms with van der Waals surface area (Å²) < 4.78 is 11.6. The Kier molecular flexibility index (Phi) is 6.61. The molecule has 0 unspecified atom stereocenters. The fourth-order valence-corrected chi connectivity index (χ4v) is 4.27. The van der Waals surface area contributed by atoms with Crippen molar-refractivity contribution in [3.63, 3.8) is 0 Å². The van der Waals surface area contributed by atoms with E-state index in [0.29, 0.717) is 18.8 Å². The lowest BCUT2D eigenvalue weighted by Crippen LogP contribution is -2.36. The van der Waals surface area contributed by atoms with Gasteiger partial charge in [-0.1, -0.05) is 36.4 Å². The molecule has 0 amide bonds. The van der Waals surface area contributed by atoms with E-state index in [1.165, 1.54) is 11.6 Å². The van der Waals surface area contributed by atoms with Crippen LogP contribution in [0.25, 0.3) is 22.5 Å². The highest BCUT2D eigenvalue weighted by molar-refractivity contribution is 5.85. The van der Waals surface area contributed by atoms with Gasteiger partial charge < -0.3 is 24.7 Å². The summed E-state index contributed by atoms with van der Waals surface area (Å²) in [6.45, 7) is 1.11. The molecule has 7 heteroatoms. The number of fused-ring (bicyclic) bond motifs is 1. The van der Waals surface area contributed by atoms with E-state index < -0.39 is 12.1 Å². The molecule has 0 aliphatic carbocycles. The van der Waals surface area contributed by atoms with E-state index >= 15 is 0 Å². The number of furan rings is 1. The van der Waals surface area contributed by atoms with Crippen LogP contribution in [-0.4, -0.2) is 40.4 Å². The lowest BCUT2D eigenvalue weighted by Gasteiger charge is -2.27. The minimum atomic E-state index is -1.08. The number of aryl methyl sites for hydroxylation is 1. The third-order valence-electron chi connectivity index (χ3n) is 6.19. The molecule has 0 bridgehead atoms. The molecule has 5 rings (SSSR count). The fraction of sp³-hybridized carbons (Fsp3) is 0.214. The molecule has 0 spiro atoms. The largest absolute Gasteiger partial charge is 0.489 e. The van der Waals surface area contributed by atoms with E-state index in [9.17, 15) is 9.90 Å². The summed E-state index contributed by atoms with van der Waals surface area (Å²) >= 11 is 0. The SMILES string of the molecule is O=C(O)c1ccc(-c2ccc(-c3ccc4c(c3)CC[C@H](CNC[C@@H](O)c3cccnc3)O4)cc2)o1. The maximum Gasteiger partial charge on any atom is 0.371 e. The summed E-state index contributed by atoms with van der Waals surface area (Å²) in [5.41, 5.74) is 4.96. The number of hydrogen-bond acceptors (Lipinski definition) is 6. The predicted molar refractivity (Wildman–Crippen MR) is 131 cm³/mol. The van der Waals surface area contributed by atoms with Crippen LogP contribution < -0.4 is 10.1 Å². The summed E-state index contributed by atoms with van der Waals surface area (Å²) in [7, 11) is 0. The van der Waals surface area contributed by atoms with Crippen molar-refractivity contribution < 1.29 is 24.2 Å². The van der Waals surface area contributed by atoms with Crippen molar-refractivity contribution in [2.24, 2.45) is 0 Å². The third-order valence-corrected chi connectivity index (χ3v) is 6.19. The van der Waals surface area contributed by atoms with Crippen LogP contribution in [0, 0.1) is 0 Å². The van der Waals surface area contributed by atoms with Gasteiger partial charge in [0.1, 0.15) is 17.6 Å². The van der Waals surface area contributed by atoms with Crippen molar-refractivity contribution in [3.05, 3.63) is 96.0 Å². The van der Waals surface area contributed by atoms with Crippen molar-refractivity contribution in [1.82, 2.24) is 10.3 Å². The number of nitrogens with one attached hydrogen (secondary N) is 1. The van der Waals surface area contributed by atoms with Crippen molar-refractivity contribution in [1.29, 1.82) is 0 Å². The molecule has 3 N–H and O–H groups in total. The van der Waals surface area contributed by atoms with E-state index in [1.807, 2.05) is 48.5 Å². The van der Waals surface area contributed by atoms with E-state index in [4.69, 9.17) is 14.3 Å². The van der Waals surface area contributed by atoms with Crippen LogP contribution in [0.5, 0.6) is 5.75 Å². The Bertz CT molecular complexity index is 1300. The average molecular weight is 471 g/mol. The fourth-order valence-electron chi connectivity index (χ4n) is 4.27. The van der Waals surface area contributed by atoms with Gasteiger partial charge in [0.25, 0.3) is 0 Å². The smallest absolute Gasteiger partial charge is 0.371 e. The number of hydrogen-bond donors (Lipinski definition) is 3. The molecular weight excluding hydrogens is 444 g/mol. The predicted octanol–water partition coefficient (Wildman–Crippen LogP) is 4.72. The minimum absolute atomic E-state index is 0.0534. The Morgan fingerprint density at radius 2 is 1.86 bits per heavy atom. The van der Waals surface area contributed by atoms with Crippen LogP contribution in [0.3, 0.4) is 0 Å². The number of aromatic nitrogens is 1. The van der Waals surface area contributed by atoms with E-state index in [2.05, 4.69) is 16.4 Å². The first-order valence-electron chi connectivity index (χ1n) is 11.6. The molecular formula is C28H26N2O5. The highest BCUT2D eigenvalue weighted by atomic mass is 16.5. The zero-order chi connectivity index (χ0) is 24.2. The van der Waals surface area contributed by atoms with Crippen LogP contribution in [0.1, 0.15) is 34.2 Å². The van der Waals surface area contributed by atoms with Crippen LogP contribution in [0.4, 0.5) is 0 Å². The van der Waals surface area contributed by atoms with Gasteiger partial charge >= 0.3 is 5.97 Å². The van der Waals surface area contributed by atoms with Crippen LogP contribution in [0.2, 0.25) is 0 Å². The van der Waals surface area contributed by atoms with Gasteiger partial charge in [-0.15, -0.1) is 0 Å². The lowest BCUT2D eigenvalue weighted by atomic mass is 9.96. The minimum Gasteiger partial charge on any atom is -0.489 e. The highest BCUT2D eigenvalue weighted by Gasteiger charge is 2.20. The van der Waals surface area contributed by atoms with Crippen molar-refractivity contribution in [2.75, 3.05) is 13.1 Å². The number of ether oxygens (including phenoxy) is 1.